The van der Waals surface area contributed by atoms with E-state index in [2.05, 4.69) is 27.9 Å². The van der Waals surface area contributed by atoms with Crippen molar-refractivity contribution < 1.29 is 0 Å². The molecule has 0 aromatic heterocycles. The molecule has 1 aliphatic heterocycles. The first-order valence-electron chi connectivity index (χ1n) is 3.62. The van der Waals surface area contributed by atoms with E-state index in [1.165, 1.54) is 13.1 Å². The summed E-state index contributed by atoms with van der Waals surface area (Å²) in [5.41, 5.74) is 0.688. The molecule has 9 heavy (non-hydrogen) atoms. The summed E-state index contributed by atoms with van der Waals surface area (Å²) in [4.78, 5) is 0. The molecule has 1 nitrogen and oxygen atoms in total. The summed E-state index contributed by atoms with van der Waals surface area (Å²) in [6.07, 6.45) is 0. The van der Waals surface area contributed by atoms with E-state index in [-0.39, 0.29) is 0 Å². The molecular formula is C7H14NP. The molecule has 2 heteroatoms. The molecule has 2 fully saturated rings. The van der Waals surface area contributed by atoms with Crippen molar-refractivity contribution in [3.63, 3.8) is 0 Å². The lowest BCUT2D eigenvalue weighted by Crippen LogP contribution is -2.16. The molecule has 1 saturated heterocycles. The Hall–Kier alpha value is 0.390. The van der Waals surface area contributed by atoms with Crippen LogP contribution >= 0.6 is 9.39 Å². The van der Waals surface area contributed by atoms with Crippen LogP contribution in [0.2, 0.25) is 0 Å². The summed E-state index contributed by atoms with van der Waals surface area (Å²) in [6, 6.07) is 0. The fourth-order valence-corrected chi connectivity index (χ4v) is 2.62. The highest BCUT2D eigenvalue weighted by Gasteiger charge is 2.61. The van der Waals surface area contributed by atoms with Gasteiger partial charge in [-0.2, -0.15) is 0 Å². The number of rotatable bonds is 0. The first-order valence-corrected chi connectivity index (χ1v) is 4.13. The highest BCUT2D eigenvalue weighted by atomic mass is 31.0. The molecule has 0 spiro atoms. The minimum absolute atomic E-state index is 0.688. The van der Waals surface area contributed by atoms with Gasteiger partial charge in [0, 0.05) is 13.1 Å². The van der Waals surface area contributed by atoms with Crippen LogP contribution in [0.4, 0.5) is 0 Å². The van der Waals surface area contributed by atoms with Crippen LogP contribution in [0, 0.1) is 17.3 Å². The fraction of sp³-hybridized carbons (Fsp3) is 1.00. The van der Waals surface area contributed by atoms with E-state index in [0.29, 0.717) is 5.41 Å². The molecule has 1 heterocycles. The molecule has 0 radical (unpaired) electrons. The van der Waals surface area contributed by atoms with Gasteiger partial charge in [0.1, 0.15) is 0 Å². The minimum Gasteiger partial charge on any atom is -0.287 e. The molecule has 3 unspecified atom stereocenters. The number of fused-ring (bicyclic) bond motifs is 1. The van der Waals surface area contributed by atoms with Crippen LogP contribution in [0.1, 0.15) is 13.8 Å². The largest absolute Gasteiger partial charge is 0.287 e. The van der Waals surface area contributed by atoms with Crippen molar-refractivity contribution in [2.45, 2.75) is 13.8 Å². The van der Waals surface area contributed by atoms with Gasteiger partial charge in [-0.3, -0.25) is 4.67 Å². The van der Waals surface area contributed by atoms with Gasteiger partial charge in [0.25, 0.3) is 0 Å². The zero-order valence-corrected chi connectivity index (χ0v) is 7.25. The Morgan fingerprint density at radius 2 is 1.78 bits per heavy atom. The maximum Gasteiger partial charge on any atom is 0.00532 e. The van der Waals surface area contributed by atoms with Crippen molar-refractivity contribution >= 4 is 9.39 Å². The third-order valence-corrected chi connectivity index (χ3v) is 3.57. The molecule has 1 saturated carbocycles. The summed E-state index contributed by atoms with van der Waals surface area (Å²) in [7, 11) is 2.79. The van der Waals surface area contributed by atoms with Gasteiger partial charge in [0.05, 0.1) is 0 Å². The first kappa shape index (κ1) is 6.12. The van der Waals surface area contributed by atoms with E-state index in [0.717, 1.165) is 11.8 Å². The minimum atomic E-state index is 0.688. The summed E-state index contributed by atoms with van der Waals surface area (Å²) < 4.78 is 2.36. The van der Waals surface area contributed by atoms with Gasteiger partial charge in [-0.05, 0) is 17.3 Å². The SMILES string of the molecule is CC1(C)C2CN(P)CC21. The number of hydrogen-bond donors (Lipinski definition) is 0. The zero-order chi connectivity index (χ0) is 6.65. The standard InChI is InChI=1S/C7H14NP/c1-7(2)5-3-8(9)4-6(5)7/h5-6H,3-4,9H2,1-2H3. The Morgan fingerprint density at radius 1 is 1.33 bits per heavy atom. The fourth-order valence-electron chi connectivity index (χ4n) is 2.16. The van der Waals surface area contributed by atoms with E-state index >= 15 is 0 Å². The average molecular weight is 143 g/mol. The maximum atomic E-state index is 2.79. The van der Waals surface area contributed by atoms with Crippen LogP contribution in [0.5, 0.6) is 0 Å². The highest BCUT2D eigenvalue weighted by Crippen LogP contribution is 2.62. The van der Waals surface area contributed by atoms with Crippen molar-refractivity contribution in [1.82, 2.24) is 4.67 Å². The maximum absolute atomic E-state index is 2.79. The summed E-state index contributed by atoms with van der Waals surface area (Å²) in [5, 5.41) is 0. The van der Waals surface area contributed by atoms with Crippen molar-refractivity contribution in [1.29, 1.82) is 0 Å². The Bertz CT molecular complexity index is 130. The van der Waals surface area contributed by atoms with Gasteiger partial charge in [0.15, 0.2) is 0 Å². The van der Waals surface area contributed by atoms with Crippen LogP contribution in [-0.2, 0) is 0 Å². The third kappa shape index (κ3) is 0.683. The molecule has 0 amide bonds. The number of nitrogens with zero attached hydrogens (tertiary/aromatic N) is 1. The van der Waals surface area contributed by atoms with Crippen LogP contribution < -0.4 is 0 Å². The predicted octanol–water partition coefficient (Wildman–Crippen LogP) is 1.36. The highest BCUT2D eigenvalue weighted by molar-refractivity contribution is 7.13. The van der Waals surface area contributed by atoms with Gasteiger partial charge in [-0.25, -0.2) is 0 Å². The van der Waals surface area contributed by atoms with E-state index in [9.17, 15) is 0 Å². The normalized spacial score (nSPS) is 47.0. The van der Waals surface area contributed by atoms with E-state index in [4.69, 9.17) is 0 Å². The summed E-state index contributed by atoms with van der Waals surface area (Å²) in [6.45, 7) is 7.39. The van der Waals surface area contributed by atoms with E-state index in [1.807, 2.05) is 0 Å². The quantitative estimate of drug-likeness (QED) is 0.463. The van der Waals surface area contributed by atoms with Crippen LogP contribution in [0.25, 0.3) is 0 Å². The van der Waals surface area contributed by atoms with Gasteiger partial charge in [-0.15, -0.1) is 0 Å². The molecule has 52 valence electrons. The Balaban J connectivity index is 2.06. The topological polar surface area (TPSA) is 3.24 Å². The van der Waals surface area contributed by atoms with Crippen molar-refractivity contribution in [2.75, 3.05) is 13.1 Å². The smallest absolute Gasteiger partial charge is 0.00532 e. The van der Waals surface area contributed by atoms with Crippen LogP contribution in [-0.4, -0.2) is 17.8 Å². The van der Waals surface area contributed by atoms with Crippen molar-refractivity contribution in [3.05, 3.63) is 0 Å². The lowest BCUT2D eigenvalue weighted by Gasteiger charge is -2.15. The molecular weight excluding hydrogens is 129 g/mol. The van der Waals surface area contributed by atoms with Gasteiger partial charge in [0.2, 0.25) is 0 Å². The molecule has 2 aliphatic rings. The van der Waals surface area contributed by atoms with Crippen molar-refractivity contribution in [2.24, 2.45) is 17.3 Å². The van der Waals surface area contributed by atoms with Gasteiger partial charge < -0.3 is 0 Å². The molecule has 0 aromatic carbocycles. The van der Waals surface area contributed by atoms with Crippen molar-refractivity contribution in [3.8, 4) is 0 Å². The molecule has 0 aromatic rings. The summed E-state index contributed by atoms with van der Waals surface area (Å²) in [5.74, 6) is 2.02. The Kier molecular flexibility index (Phi) is 1.03. The second-order valence-electron chi connectivity index (χ2n) is 3.99. The number of hydrogen-bond acceptors (Lipinski definition) is 1. The van der Waals surface area contributed by atoms with Gasteiger partial charge >= 0.3 is 0 Å². The third-order valence-electron chi connectivity index (χ3n) is 3.15. The molecule has 1 aliphatic carbocycles. The molecule has 0 bridgehead atoms. The molecule has 0 N–H and O–H groups in total. The van der Waals surface area contributed by atoms with E-state index < -0.39 is 0 Å². The number of piperidine rings is 1. The monoisotopic (exact) mass is 143 g/mol. The van der Waals surface area contributed by atoms with Crippen LogP contribution in [0.15, 0.2) is 0 Å². The lowest BCUT2D eigenvalue weighted by atomic mass is 10.1. The predicted molar refractivity (Wildman–Crippen MR) is 42.0 cm³/mol. The van der Waals surface area contributed by atoms with E-state index in [1.54, 1.807) is 0 Å². The van der Waals surface area contributed by atoms with Gasteiger partial charge in [-0.1, -0.05) is 23.2 Å². The zero-order valence-electron chi connectivity index (χ0n) is 6.09. The molecule has 2 rings (SSSR count). The van der Waals surface area contributed by atoms with Crippen LogP contribution in [0.3, 0.4) is 0 Å². The Morgan fingerprint density at radius 3 is 2.11 bits per heavy atom. The second-order valence-corrected chi connectivity index (χ2v) is 4.72. The molecule has 3 atom stereocenters. The first-order chi connectivity index (χ1) is 4.12. The average Bonchev–Trinajstić information content (AvgIpc) is 2.27. The second kappa shape index (κ2) is 1.52. The lowest BCUT2D eigenvalue weighted by molar-refractivity contribution is 0.391. The Labute approximate surface area is 59.1 Å². The summed E-state index contributed by atoms with van der Waals surface area (Å²) >= 11 is 0.